The van der Waals surface area contributed by atoms with Crippen LogP contribution >= 0.6 is 0 Å². The van der Waals surface area contributed by atoms with E-state index in [4.69, 9.17) is 14.2 Å². The molecule has 4 atom stereocenters. The predicted octanol–water partition coefficient (Wildman–Crippen LogP) is 1.85. The van der Waals surface area contributed by atoms with Crippen molar-refractivity contribution in [2.24, 2.45) is 11.8 Å². The molecule has 2 saturated heterocycles. The molecule has 0 unspecified atom stereocenters. The highest BCUT2D eigenvalue weighted by atomic mass is 16.6. The minimum atomic E-state index is 0.165. The summed E-state index contributed by atoms with van der Waals surface area (Å²) in [5.74, 6) is 1.18. The van der Waals surface area contributed by atoms with E-state index in [0.29, 0.717) is 18.4 Å². The van der Waals surface area contributed by atoms with Crippen LogP contribution < -0.4 is 0 Å². The van der Waals surface area contributed by atoms with E-state index < -0.39 is 0 Å². The molecule has 2 aliphatic rings. The topological polar surface area (TPSA) is 27.7 Å². The third-order valence-electron chi connectivity index (χ3n) is 3.44. The summed E-state index contributed by atoms with van der Waals surface area (Å²) in [5.41, 5.74) is 0. The van der Waals surface area contributed by atoms with Crippen molar-refractivity contribution in [3.05, 3.63) is 0 Å². The molecule has 0 radical (unpaired) electrons. The van der Waals surface area contributed by atoms with Crippen LogP contribution in [0.5, 0.6) is 0 Å². The molecule has 2 aliphatic heterocycles. The monoisotopic (exact) mass is 214 g/mol. The molecule has 0 amide bonds. The Kier molecular flexibility index (Phi) is 3.65. The summed E-state index contributed by atoms with van der Waals surface area (Å²) in [5, 5.41) is 0. The van der Waals surface area contributed by atoms with E-state index in [-0.39, 0.29) is 18.3 Å². The molecule has 3 nitrogen and oxygen atoms in total. The first kappa shape index (κ1) is 11.4. The van der Waals surface area contributed by atoms with Crippen LogP contribution in [0.1, 0.15) is 27.2 Å². The SMILES string of the molecule is CCCO[C@@H]1CO[C@H]2[C@@H]1OC[C@H]2C(C)C. The lowest BCUT2D eigenvalue weighted by molar-refractivity contribution is -0.0330. The lowest BCUT2D eigenvalue weighted by Gasteiger charge is -2.19. The van der Waals surface area contributed by atoms with E-state index in [1.807, 2.05) is 0 Å². The molecule has 2 rings (SSSR count). The van der Waals surface area contributed by atoms with Gasteiger partial charge in [-0.1, -0.05) is 20.8 Å². The van der Waals surface area contributed by atoms with Crippen molar-refractivity contribution in [2.45, 2.75) is 45.5 Å². The summed E-state index contributed by atoms with van der Waals surface area (Å²) in [7, 11) is 0. The van der Waals surface area contributed by atoms with Gasteiger partial charge in [0.1, 0.15) is 12.2 Å². The van der Waals surface area contributed by atoms with Crippen LogP contribution in [-0.4, -0.2) is 38.1 Å². The molecule has 0 aromatic heterocycles. The predicted molar refractivity (Wildman–Crippen MR) is 57.8 cm³/mol. The number of hydrogen-bond donors (Lipinski definition) is 0. The van der Waals surface area contributed by atoms with Gasteiger partial charge >= 0.3 is 0 Å². The molecule has 0 aromatic carbocycles. The van der Waals surface area contributed by atoms with E-state index in [1.54, 1.807) is 0 Å². The van der Waals surface area contributed by atoms with Gasteiger partial charge in [-0.3, -0.25) is 0 Å². The fourth-order valence-corrected chi connectivity index (χ4v) is 2.48. The summed E-state index contributed by atoms with van der Waals surface area (Å²) in [6.45, 7) is 8.95. The second-order valence-electron chi connectivity index (χ2n) is 4.91. The summed E-state index contributed by atoms with van der Waals surface area (Å²) in [6.07, 6.45) is 1.68. The molecule has 2 fully saturated rings. The lowest BCUT2D eigenvalue weighted by Crippen LogP contribution is -2.32. The Morgan fingerprint density at radius 3 is 2.60 bits per heavy atom. The van der Waals surface area contributed by atoms with E-state index in [9.17, 15) is 0 Å². The number of ether oxygens (including phenoxy) is 3. The molecular weight excluding hydrogens is 192 g/mol. The third kappa shape index (κ3) is 2.19. The quantitative estimate of drug-likeness (QED) is 0.715. The van der Waals surface area contributed by atoms with E-state index in [1.165, 1.54) is 0 Å². The van der Waals surface area contributed by atoms with Crippen LogP contribution in [-0.2, 0) is 14.2 Å². The van der Waals surface area contributed by atoms with Crippen LogP contribution in [0.4, 0.5) is 0 Å². The fraction of sp³-hybridized carbons (Fsp3) is 1.00. The van der Waals surface area contributed by atoms with Crippen molar-refractivity contribution in [3.63, 3.8) is 0 Å². The van der Waals surface area contributed by atoms with Crippen molar-refractivity contribution in [2.75, 3.05) is 19.8 Å². The smallest absolute Gasteiger partial charge is 0.112 e. The maximum Gasteiger partial charge on any atom is 0.112 e. The van der Waals surface area contributed by atoms with Crippen molar-refractivity contribution in [3.8, 4) is 0 Å². The highest BCUT2D eigenvalue weighted by molar-refractivity contribution is 4.95. The van der Waals surface area contributed by atoms with E-state index in [0.717, 1.165) is 19.6 Å². The Hall–Kier alpha value is -0.120. The minimum Gasteiger partial charge on any atom is -0.373 e. The molecular formula is C12H22O3. The largest absolute Gasteiger partial charge is 0.373 e. The van der Waals surface area contributed by atoms with Crippen molar-refractivity contribution >= 4 is 0 Å². The lowest BCUT2D eigenvalue weighted by atomic mass is 9.90. The first-order chi connectivity index (χ1) is 7.24. The van der Waals surface area contributed by atoms with Gasteiger partial charge in [0, 0.05) is 12.5 Å². The van der Waals surface area contributed by atoms with Crippen molar-refractivity contribution in [1.82, 2.24) is 0 Å². The van der Waals surface area contributed by atoms with Gasteiger partial charge in [-0.05, 0) is 12.3 Å². The van der Waals surface area contributed by atoms with E-state index in [2.05, 4.69) is 20.8 Å². The van der Waals surface area contributed by atoms with Crippen LogP contribution in [0.15, 0.2) is 0 Å². The van der Waals surface area contributed by atoms with Crippen LogP contribution in [0.25, 0.3) is 0 Å². The summed E-state index contributed by atoms with van der Waals surface area (Å²) in [4.78, 5) is 0. The number of rotatable bonds is 4. The number of hydrogen-bond acceptors (Lipinski definition) is 3. The normalized spacial score (nSPS) is 40.0. The van der Waals surface area contributed by atoms with Gasteiger partial charge in [-0.2, -0.15) is 0 Å². The molecule has 0 saturated carbocycles. The first-order valence-electron chi connectivity index (χ1n) is 6.08. The standard InChI is InChI=1S/C12H22O3/c1-4-5-13-10-7-15-11-9(8(2)3)6-14-12(10)11/h8-12H,4-7H2,1-3H3/t9-,10+,11+,12+/m0/s1. The summed E-state index contributed by atoms with van der Waals surface area (Å²) >= 11 is 0. The highest BCUT2D eigenvalue weighted by Crippen LogP contribution is 2.36. The zero-order valence-electron chi connectivity index (χ0n) is 9.94. The van der Waals surface area contributed by atoms with Gasteiger partial charge in [-0.25, -0.2) is 0 Å². The average molecular weight is 214 g/mol. The molecule has 0 aliphatic carbocycles. The number of fused-ring (bicyclic) bond motifs is 1. The molecule has 2 heterocycles. The molecule has 0 bridgehead atoms. The molecule has 0 spiro atoms. The molecule has 0 N–H and O–H groups in total. The van der Waals surface area contributed by atoms with Gasteiger partial charge < -0.3 is 14.2 Å². The minimum absolute atomic E-state index is 0.165. The van der Waals surface area contributed by atoms with Gasteiger partial charge in [0.05, 0.1) is 19.3 Å². The fourth-order valence-electron chi connectivity index (χ4n) is 2.48. The highest BCUT2D eigenvalue weighted by Gasteiger charge is 2.48. The Morgan fingerprint density at radius 1 is 1.20 bits per heavy atom. The summed E-state index contributed by atoms with van der Waals surface area (Å²) < 4.78 is 17.4. The maximum atomic E-state index is 5.81. The Labute approximate surface area is 92.1 Å². The van der Waals surface area contributed by atoms with E-state index >= 15 is 0 Å². The zero-order chi connectivity index (χ0) is 10.8. The van der Waals surface area contributed by atoms with Gasteiger partial charge in [0.25, 0.3) is 0 Å². The zero-order valence-corrected chi connectivity index (χ0v) is 9.94. The van der Waals surface area contributed by atoms with Crippen molar-refractivity contribution < 1.29 is 14.2 Å². The Bertz CT molecular complexity index is 205. The van der Waals surface area contributed by atoms with Crippen LogP contribution in [0.3, 0.4) is 0 Å². The van der Waals surface area contributed by atoms with Gasteiger partial charge in [-0.15, -0.1) is 0 Å². The molecule has 3 heteroatoms. The van der Waals surface area contributed by atoms with Crippen molar-refractivity contribution in [1.29, 1.82) is 0 Å². The maximum absolute atomic E-state index is 5.81. The van der Waals surface area contributed by atoms with Crippen LogP contribution in [0, 0.1) is 11.8 Å². The summed E-state index contributed by atoms with van der Waals surface area (Å²) in [6, 6.07) is 0. The van der Waals surface area contributed by atoms with Crippen LogP contribution in [0.2, 0.25) is 0 Å². The first-order valence-corrected chi connectivity index (χ1v) is 6.08. The van der Waals surface area contributed by atoms with Gasteiger partial charge in [0.15, 0.2) is 0 Å². The van der Waals surface area contributed by atoms with Gasteiger partial charge in [0.2, 0.25) is 0 Å². The Morgan fingerprint density at radius 2 is 1.93 bits per heavy atom. The third-order valence-corrected chi connectivity index (χ3v) is 3.44. The average Bonchev–Trinajstić information content (AvgIpc) is 2.74. The molecule has 15 heavy (non-hydrogen) atoms. The second kappa shape index (κ2) is 4.81. The Balaban J connectivity index is 1.90. The molecule has 88 valence electrons. The molecule has 0 aromatic rings. The second-order valence-corrected chi connectivity index (χ2v) is 4.91.